The van der Waals surface area contributed by atoms with Crippen LogP contribution in [0.3, 0.4) is 0 Å². The van der Waals surface area contributed by atoms with Gasteiger partial charge >= 0.3 is 0 Å². The lowest BCUT2D eigenvalue weighted by molar-refractivity contribution is -0.275. The van der Waals surface area contributed by atoms with Gasteiger partial charge in [-0.3, -0.25) is 0 Å². The van der Waals surface area contributed by atoms with Gasteiger partial charge in [0.1, 0.15) is 30.5 Å². The fraction of sp³-hybridized carbons (Fsp3) is 0.240. The van der Waals surface area contributed by atoms with E-state index in [1.807, 2.05) is 91.2 Å². The Morgan fingerprint density at radius 2 is 1.05 bits per heavy atom. The molecule has 0 spiro atoms. The van der Waals surface area contributed by atoms with E-state index in [2.05, 4.69) is 102 Å². The van der Waals surface area contributed by atoms with Crippen LogP contribution in [0.15, 0.2) is 170 Å². The Bertz CT molecular complexity index is 2230. The Kier molecular flexibility index (Phi) is 13.2. The molecular formula is C50H49NO5S. The maximum absolute atomic E-state index is 7.30. The molecule has 1 fully saturated rings. The molecule has 1 aromatic heterocycles. The van der Waals surface area contributed by atoms with Gasteiger partial charge in [-0.05, 0) is 51.4 Å². The normalized spacial score (nSPS) is 19.4. The van der Waals surface area contributed by atoms with E-state index in [-0.39, 0.29) is 0 Å². The molecule has 0 amide bonds. The van der Waals surface area contributed by atoms with Crippen molar-refractivity contribution >= 4 is 27.1 Å². The molecule has 290 valence electrons. The Morgan fingerprint density at radius 3 is 1.63 bits per heavy atom. The lowest BCUT2D eigenvalue weighted by Gasteiger charge is -2.47. The highest BCUT2D eigenvalue weighted by Gasteiger charge is 2.49. The van der Waals surface area contributed by atoms with Crippen LogP contribution in [0.25, 0.3) is 10.1 Å². The van der Waals surface area contributed by atoms with E-state index in [4.69, 9.17) is 23.7 Å². The first-order chi connectivity index (χ1) is 28.2. The number of fused-ring (bicyclic) bond motifs is 1. The van der Waals surface area contributed by atoms with Crippen molar-refractivity contribution < 1.29 is 23.7 Å². The third-order valence-electron chi connectivity index (χ3n) is 10.4. The number of rotatable bonds is 17. The molecule has 57 heavy (non-hydrogen) atoms. The first-order valence-electron chi connectivity index (χ1n) is 19.7. The van der Waals surface area contributed by atoms with Crippen LogP contribution >= 0.6 is 11.3 Å². The van der Waals surface area contributed by atoms with Crippen molar-refractivity contribution in [2.75, 3.05) is 19.0 Å². The number of hydrogen-bond acceptors (Lipinski definition) is 7. The van der Waals surface area contributed by atoms with Gasteiger partial charge in [-0.2, -0.15) is 0 Å². The van der Waals surface area contributed by atoms with Crippen LogP contribution in [-0.2, 0) is 56.5 Å². The third-order valence-corrected chi connectivity index (χ3v) is 11.5. The molecule has 8 rings (SSSR count). The summed E-state index contributed by atoms with van der Waals surface area (Å²) in [6.07, 6.45) is -1.75. The molecule has 0 bridgehead atoms. The molecular weight excluding hydrogens is 727 g/mol. The predicted molar refractivity (Wildman–Crippen MR) is 229 cm³/mol. The van der Waals surface area contributed by atoms with Gasteiger partial charge < -0.3 is 29.0 Å². The van der Waals surface area contributed by atoms with Crippen molar-refractivity contribution in [1.82, 2.24) is 0 Å². The standard InChI is InChI=1S/C50H49NO5S/c1-51-44-27-26-40(28-42-30-41-24-14-15-25-46(41)57-42)29-43(44)47-49(54-33-38-20-10-4-11-21-38)50(55-34-39-22-12-5-13-23-39)48(53-32-37-18-8-3-9-19-37)45(56-47)35-52-31-36-16-6-2-7-17-36/h2-27,29-30,45,47-51H,28,31-35H2,1H3/t45-,47+,48-,49+,50+/m1/s1. The molecule has 6 aromatic carbocycles. The largest absolute Gasteiger partial charge is 0.388 e. The monoisotopic (exact) mass is 775 g/mol. The minimum atomic E-state index is -0.535. The molecule has 1 saturated heterocycles. The highest BCUT2D eigenvalue weighted by Crippen LogP contribution is 2.42. The highest BCUT2D eigenvalue weighted by atomic mass is 32.1. The second-order valence-corrected chi connectivity index (χ2v) is 15.6. The van der Waals surface area contributed by atoms with Crippen LogP contribution in [-0.4, -0.2) is 38.1 Å². The number of ether oxygens (including phenoxy) is 5. The van der Waals surface area contributed by atoms with Crippen molar-refractivity contribution in [2.24, 2.45) is 0 Å². The van der Waals surface area contributed by atoms with Crippen molar-refractivity contribution in [1.29, 1.82) is 0 Å². The van der Waals surface area contributed by atoms with Crippen LogP contribution in [0.5, 0.6) is 0 Å². The lowest BCUT2D eigenvalue weighted by Crippen LogP contribution is -2.58. The fourth-order valence-electron chi connectivity index (χ4n) is 7.55. The smallest absolute Gasteiger partial charge is 0.117 e. The van der Waals surface area contributed by atoms with Gasteiger partial charge in [-0.15, -0.1) is 11.3 Å². The summed E-state index contributed by atoms with van der Waals surface area (Å²) in [5.41, 5.74) is 7.49. The Hall–Kier alpha value is -5.12. The van der Waals surface area contributed by atoms with Crippen LogP contribution in [0.4, 0.5) is 5.69 Å². The Labute approximate surface area is 340 Å². The van der Waals surface area contributed by atoms with E-state index in [9.17, 15) is 0 Å². The SMILES string of the molecule is CNc1ccc(Cc2cc3ccccc3s2)cc1[C@@H]1O[C@H](COCc2ccccc2)[C@@H](OCc2ccccc2)[C@H](OCc2ccccc2)[C@H]1OCc1ccccc1. The molecule has 7 heteroatoms. The topological polar surface area (TPSA) is 58.2 Å². The summed E-state index contributed by atoms with van der Waals surface area (Å²) in [5.74, 6) is 0. The first kappa shape index (κ1) is 38.7. The molecule has 7 aromatic rings. The lowest BCUT2D eigenvalue weighted by atomic mass is 9.88. The quantitative estimate of drug-likeness (QED) is 0.0994. The van der Waals surface area contributed by atoms with Gasteiger partial charge in [-0.1, -0.05) is 152 Å². The average Bonchev–Trinajstić information content (AvgIpc) is 3.68. The molecule has 1 aliphatic heterocycles. The van der Waals surface area contributed by atoms with Gasteiger partial charge in [0.15, 0.2) is 0 Å². The maximum Gasteiger partial charge on any atom is 0.117 e. The number of nitrogens with one attached hydrogen (secondary N) is 1. The summed E-state index contributed by atoms with van der Waals surface area (Å²) < 4.78 is 36.1. The van der Waals surface area contributed by atoms with E-state index in [1.165, 1.54) is 20.5 Å². The van der Waals surface area contributed by atoms with Crippen LogP contribution in [0, 0.1) is 0 Å². The highest BCUT2D eigenvalue weighted by molar-refractivity contribution is 7.19. The Morgan fingerprint density at radius 1 is 0.526 bits per heavy atom. The van der Waals surface area contributed by atoms with Crippen molar-refractivity contribution in [3.05, 3.63) is 208 Å². The van der Waals surface area contributed by atoms with Gasteiger partial charge in [0.05, 0.1) is 33.0 Å². The summed E-state index contributed by atoms with van der Waals surface area (Å²) in [5, 5.41) is 4.74. The zero-order chi connectivity index (χ0) is 38.7. The van der Waals surface area contributed by atoms with Crippen molar-refractivity contribution in [3.8, 4) is 0 Å². The molecule has 0 unspecified atom stereocenters. The van der Waals surface area contributed by atoms with Crippen LogP contribution < -0.4 is 5.32 Å². The molecule has 1 N–H and O–H groups in total. The molecule has 2 heterocycles. The molecule has 1 aliphatic rings. The molecule has 0 aliphatic carbocycles. The summed E-state index contributed by atoms with van der Waals surface area (Å²) in [7, 11) is 1.96. The van der Waals surface area contributed by atoms with Crippen molar-refractivity contribution in [3.63, 3.8) is 0 Å². The zero-order valence-corrected chi connectivity index (χ0v) is 33.1. The molecule has 6 nitrogen and oxygen atoms in total. The summed E-state index contributed by atoms with van der Waals surface area (Å²) in [4.78, 5) is 1.31. The number of hydrogen-bond donors (Lipinski definition) is 1. The number of anilines is 1. The second kappa shape index (κ2) is 19.4. The van der Waals surface area contributed by atoms with Crippen LogP contribution in [0.1, 0.15) is 44.4 Å². The maximum atomic E-state index is 7.30. The fourth-order valence-corrected chi connectivity index (χ4v) is 8.65. The summed E-state index contributed by atoms with van der Waals surface area (Å²) >= 11 is 1.84. The summed E-state index contributed by atoms with van der Waals surface area (Å²) in [6, 6.07) is 58.6. The van der Waals surface area contributed by atoms with Crippen molar-refractivity contribution in [2.45, 2.75) is 63.4 Å². The molecule has 0 radical (unpaired) electrons. The van der Waals surface area contributed by atoms with Crippen LogP contribution in [0.2, 0.25) is 0 Å². The first-order valence-corrected chi connectivity index (χ1v) is 20.5. The number of thiophene rings is 1. The minimum Gasteiger partial charge on any atom is -0.388 e. The number of benzene rings is 6. The van der Waals surface area contributed by atoms with E-state index >= 15 is 0 Å². The van der Waals surface area contributed by atoms with Gasteiger partial charge in [0.25, 0.3) is 0 Å². The molecule has 5 atom stereocenters. The second-order valence-electron chi connectivity index (χ2n) is 14.5. The van der Waals surface area contributed by atoms with E-state index < -0.39 is 30.5 Å². The zero-order valence-electron chi connectivity index (χ0n) is 32.2. The minimum absolute atomic E-state index is 0.303. The Balaban J connectivity index is 1.18. The van der Waals surface area contributed by atoms with E-state index in [0.29, 0.717) is 33.0 Å². The average molecular weight is 776 g/mol. The predicted octanol–water partition coefficient (Wildman–Crippen LogP) is 10.9. The van der Waals surface area contributed by atoms with Gasteiger partial charge in [0, 0.05) is 34.3 Å². The van der Waals surface area contributed by atoms with Gasteiger partial charge in [-0.25, -0.2) is 0 Å². The van der Waals surface area contributed by atoms with E-state index in [1.54, 1.807) is 0 Å². The third kappa shape index (κ3) is 10.1. The van der Waals surface area contributed by atoms with Gasteiger partial charge in [0.2, 0.25) is 0 Å². The van der Waals surface area contributed by atoms with E-state index in [0.717, 1.165) is 39.9 Å². The molecule has 0 saturated carbocycles. The summed E-state index contributed by atoms with van der Waals surface area (Å²) in [6.45, 7) is 1.91.